The van der Waals surface area contributed by atoms with E-state index in [4.69, 9.17) is 4.74 Å². The molecule has 1 aromatic carbocycles. The van der Waals surface area contributed by atoms with Gasteiger partial charge in [0.2, 0.25) is 5.91 Å². The van der Waals surface area contributed by atoms with Gasteiger partial charge in [-0.15, -0.1) is 0 Å². The minimum absolute atomic E-state index is 0.351. The average Bonchev–Trinajstić information content (AvgIpc) is 2.31. The molecule has 6 nitrogen and oxygen atoms in total. The van der Waals surface area contributed by atoms with Crippen molar-refractivity contribution in [1.82, 2.24) is 4.90 Å². The molecule has 0 aliphatic carbocycles. The molecule has 1 aromatic rings. The summed E-state index contributed by atoms with van der Waals surface area (Å²) in [6.45, 7) is 5.47. The van der Waals surface area contributed by atoms with Gasteiger partial charge in [-0.1, -0.05) is 0 Å². The van der Waals surface area contributed by atoms with Crippen LogP contribution >= 0.6 is 0 Å². The van der Waals surface area contributed by atoms with Gasteiger partial charge in [0.25, 0.3) is 0 Å². The van der Waals surface area contributed by atoms with Crippen molar-refractivity contribution in [1.29, 1.82) is 0 Å². The highest BCUT2D eigenvalue weighted by Gasteiger charge is 2.40. The highest BCUT2D eigenvalue weighted by Crippen LogP contribution is 2.26. The Morgan fingerprint density at radius 3 is 2.48 bits per heavy atom. The maximum absolute atomic E-state index is 13.6. The summed E-state index contributed by atoms with van der Waals surface area (Å²) in [6.07, 6.45) is -0.230. The minimum Gasteiger partial charge on any atom is -0.505 e. The van der Waals surface area contributed by atoms with E-state index in [0.717, 1.165) is 6.07 Å². The zero-order valence-electron chi connectivity index (χ0n) is 13.0. The van der Waals surface area contributed by atoms with Gasteiger partial charge in [-0.25, -0.2) is 13.6 Å². The lowest BCUT2D eigenvalue weighted by molar-refractivity contribution is -0.125. The largest absolute Gasteiger partial charge is 0.505 e. The first-order valence-corrected chi connectivity index (χ1v) is 7.07. The van der Waals surface area contributed by atoms with Crippen LogP contribution in [0.3, 0.4) is 0 Å². The summed E-state index contributed by atoms with van der Waals surface area (Å²) in [6, 6.07) is 0.451. The molecule has 1 heterocycles. The number of benzene rings is 1. The van der Waals surface area contributed by atoms with E-state index >= 15 is 0 Å². The van der Waals surface area contributed by atoms with Gasteiger partial charge in [-0.05, 0) is 27.2 Å². The first-order valence-electron chi connectivity index (χ1n) is 7.07. The van der Waals surface area contributed by atoms with E-state index in [1.165, 1.54) is 4.90 Å². The van der Waals surface area contributed by atoms with Crippen LogP contribution < -0.4 is 5.32 Å². The van der Waals surface area contributed by atoms with Gasteiger partial charge in [0, 0.05) is 18.7 Å². The van der Waals surface area contributed by atoms with Gasteiger partial charge in [0.15, 0.2) is 11.6 Å². The number of anilines is 1. The van der Waals surface area contributed by atoms with Crippen molar-refractivity contribution in [3.63, 3.8) is 0 Å². The van der Waals surface area contributed by atoms with E-state index in [0.29, 0.717) is 19.0 Å². The number of hydrogen-bond donors (Lipinski definition) is 2. The number of nitrogens with zero attached hydrogens (tertiary/aromatic N) is 1. The normalized spacial score (nSPS) is 17.4. The van der Waals surface area contributed by atoms with Crippen LogP contribution in [0.15, 0.2) is 12.1 Å². The first kappa shape index (κ1) is 17.0. The summed E-state index contributed by atoms with van der Waals surface area (Å²) in [5.74, 6) is -3.55. The molecular formula is C15H18F2N2O4. The third-order valence-electron chi connectivity index (χ3n) is 3.24. The van der Waals surface area contributed by atoms with E-state index in [-0.39, 0.29) is 5.69 Å². The fourth-order valence-electron chi connectivity index (χ4n) is 2.05. The molecule has 0 bridgehead atoms. The molecule has 1 atom stereocenters. The molecule has 8 heteroatoms. The van der Waals surface area contributed by atoms with Crippen LogP contribution in [0.25, 0.3) is 0 Å². The fraction of sp³-hybridized carbons (Fsp3) is 0.467. The predicted octanol–water partition coefficient (Wildman–Crippen LogP) is 2.62. The summed E-state index contributed by atoms with van der Waals surface area (Å²) >= 11 is 0. The van der Waals surface area contributed by atoms with Crippen LogP contribution in [0, 0.1) is 11.6 Å². The Bertz CT molecular complexity index is 643. The van der Waals surface area contributed by atoms with Crippen molar-refractivity contribution in [2.75, 3.05) is 11.9 Å². The number of amides is 2. The van der Waals surface area contributed by atoms with Crippen LogP contribution in [0.4, 0.5) is 19.3 Å². The molecule has 0 saturated carbocycles. The Kier molecular flexibility index (Phi) is 4.44. The number of ether oxygens (including phenoxy) is 1. The number of carbonyl (C=O) groups is 2. The zero-order chi connectivity index (χ0) is 17.4. The van der Waals surface area contributed by atoms with Crippen LogP contribution in [0.1, 0.15) is 27.2 Å². The molecule has 1 aliphatic heterocycles. The van der Waals surface area contributed by atoms with E-state index in [1.54, 1.807) is 20.8 Å². The van der Waals surface area contributed by atoms with E-state index in [1.807, 2.05) is 0 Å². The highest BCUT2D eigenvalue weighted by molar-refractivity contribution is 5.97. The molecule has 2 rings (SSSR count). The fourth-order valence-corrected chi connectivity index (χ4v) is 2.05. The number of phenols is 1. The van der Waals surface area contributed by atoms with Crippen LogP contribution in [0.2, 0.25) is 0 Å². The molecular weight excluding hydrogens is 310 g/mol. The lowest BCUT2D eigenvalue weighted by Crippen LogP contribution is -2.57. The maximum Gasteiger partial charge on any atom is 0.410 e. The van der Waals surface area contributed by atoms with Gasteiger partial charge in [0.05, 0.1) is 5.69 Å². The number of aromatic hydroxyl groups is 1. The van der Waals surface area contributed by atoms with Crippen LogP contribution in [0.5, 0.6) is 5.75 Å². The molecule has 0 unspecified atom stereocenters. The molecule has 0 aromatic heterocycles. The van der Waals surface area contributed by atoms with Crippen molar-refractivity contribution < 1.29 is 28.2 Å². The van der Waals surface area contributed by atoms with Gasteiger partial charge in [-0.3, -0.25) is 9.69 Å². The first-order chi connectivity index (χ1) is 10.6. The Balaban J connectivity index is 2.04. The third-order valence-corrected chi connectivity index (χ3v) is 3.24. The van der Waals surface area contributed by atoms with Gasteiger partial charge < -0.3 is 15.2 Å². The molecule has 126 valence electrons. The van der Waals surface area contributed by atoms with Crippen molar-refractivity contribution >= 4 is 17.7 Å². The van der Waals surface area contributed by atoms with Gasteiger partial charge in [-0.2, -0.15) is 0 Å². The monoisotopic (exact) mass is 328 g/mol. The topological polar surface area (TPSA) is 78.9 Å². The molecule has 1 aliphatic rings. The van der Waals surface area contributed by atoms with Crippen molar-refractivity contribution in [2.45, 2.75) is 38.8 Å². The highest BCUT2D eigenvalue weighted by atomic mass is 19.1. The average molecular weight is 328 g/mol. The second-order valence-electron chi connectivity index (χ2n) is 6.25. The van der Waals surface area contributed by atoms with Crippen LogP contribution in [-0.4, -0.2) is 40.2 Å². The smallest absolute Gasteiger partial charge is 0.410 e. The van der Waals surface area contributed by atoms with Gasteiger partial charge in [0.1, 0.15) is 17.5 Å². The maximum atomic E-state index is 13.6. The number of phenolic OH excluding ortho intramolecular Hbond substituents is 1. The number of hydrogen-bond acceptors (Lipinski definition) is 4. The van der Waals surface area contributed by atoms with Crippen molar-refractivity contribution in [2.24, 2.45) is 0 Å². The Morgan fingerprint density at radius 1 is 1.30 bits per heavy atom. The summed E-state index contributed by atoms with van der Waals surface area (Å²) < 4.78 is 31.7. The summed E-state index contributed by atoms with van der Waals surface area (Å²) in [4.78, 5) is 25.3. The van der Waals surface area contributed by atoms with Gasteiger partial charge >= 0.3 is 6.09 Å². The number of rotatable bonds is 2. The lowest BCUT2D eigenvalue weighted by atomic mass is 10.0. The SMILES string of the molecule is CC(C)(C)OC(=O)N1CC[C@@H]1C(=O)Nc1cc(O)c(F)cc1F. The predicted molar refractivity (Wildman–Crippen MR) is 78.0 cm³/mol. The second-order valence-corrected chi connectivity index (χ2v) is 6.25. The van der Waals surface area contributed by atoms with E-state index in [2.05, 4.69) is 5.32 Å². The summed E-state index contributed by atoms with van der Waals surface area (Å²) in [7, 11) is 0. The molecule has 1 saturated heterocycles. The van der Waals surface area contributed by atoms with Crippen LogP contribution in [-0.2, 0) is 9.53 Å². The number of nitrogens with one attached hydrogen (secondary N) is 1. The number of likely N-dealkylation sites (tertiary alicyclic amines) is 1. The summed E-state index contributed by atoms with van der Waals surface area (Å²) in [5.41, 5.74) is -1.05. The third kappa shape index (κ3) is 3.88. The number of halogens is 2. The quantitative estimate of drug-likeness (QED) is 0.875. The Labute approximate surface area is 132 Å². The molecule has 0 radical (unpaired) electrons. The summed E-state index contributed by atoms with van der Waals surface area (Å²) in [5, 5.41) is 11.5. The molecule has 2 N–H and O–H groups in total. The van der Waals surface area contributed by atoms with E-state index in [9.17, 15) is 23.5 Å². The zero-order valence-corrected chi connectivity index (χ0v) is 13.0. The number of carbonyl (C=O) groups excluding carboxylic acids is 2. The molecule has 0 spiro atoms. The lowest BCUT2D eigenvalue weighted by Gasteiger charge is -2.40. The van der Waals surface area contributed by atoms with Crippen molar-refractivity contribution in [3.8, 4) is 5.75 Å². The molecule has 23 heavy (non-hydrogen) atoms. The van der Waals surface area contributed by atoms with E-state index < -0.39 is 41.0 Å². The van der Waals surface area contributed by atoms with Crippen molar-refractivity contribution in [3.05, 3.63) is 23.8 Å². The minimum atomic E-state index is -1.13. The molecule has 2 amide bonds. The molecule has 1 fully saturated rings. The standard InChI is InChI=1S/C15H18F2N2O4/c1-15(2,3)23-14(22)19-5-4-11(19)13(21)18-10-7-12(20)9(17)6-8(10)16/h6-7,11,20H,4-5H2,1-3H3,(H,18,21)/t11-/m1/s1. The Hall–Kier alpha value is -2.38. The second kappa shape index (κ2) is 6.02. The Morgan fingerprint density at radius 2 is 1.96 bits per heavy atom.